The van der Waals surface area contributed by atoms with E-state index in [2.05, 4.69) is 17.1 Å². The first-order chi connectivity index (χ1) is 11.2. The summed E-state index contributed by atoms with van der Waals surface area (Å²) in [5.41, 5.74) is 0. The number of amides is 2. The van der Waals surface area contributed by atoms with Gasteiger partial charge in [0.2, 0.25) is 11.8 Å². The highest BCUT2D eigenvalue weighted by molar-refractivity contribution is 5.78. The number of carbonyl (C=O) groups excluding carboxylic acids is 2. The van der Waals surface area contributed by atoms with Gasteiger partial charge in [-0.05, 0) is 55.8 Å². The minimum Gasteiger partial charge on any atom is -0.343 e. The normalized spacial score (nSPS) is 33.9. The summed E-state index contributed by atoms with van der Waals surface area (Å²) in [5, 5.41) is 0. The summed E-state index contributed by atoms with van der Waals surface area (Å²) in [6.07, 6.45) is 11.8. The lowest BCUT2D eigenvalue weighted by atomic mass is 9.89. The average Bonchev–Trinajstić information content (AvgIpc) is 3.26. The van der Waals surface area contributed by atoms with E-state index < -0.39 is 0 Å². The fourth-order valence-corrected chi connectivity index (χ4v) is 5.06. The van der Waals surface area contributed by atoms with Gasteiger partial charge in [-0.2, -0.15) is 0 Å². The highest BCUT2D eigenvalue weighted by Gasteiger charge is 2.37. The zero-order valence-corrected chi connectivity index (χ0v) is 14.0. The summed E-state index contributed by atoms with van der Waals surface area (Å²) in [6, 6.07) is 0. The number of nitrogens with zero attached hydrogens (tertiary/aromatic N) is 2. The molecule has 2 heterocycles. The first kappa shape index (κ1) is 15.2. The van der Waals surface area contributed by atoms with Gasteiger partial charge in [0.25, 0.3) is 0 Å². The van der Waals surface area contributed by atoms with Crippen molar-refractivity contribution in [3.63, 3.8) is 0 Å². The Labute approximate surface area is 138 Å². The molecule has 3 fully saturated rings. The second kappa shape index (κ2) is 6.29. The number of likely N-dealkylation sites (tertiary alicyclic amines) is 2. The molecule has 2 saturated heterocycles. The van der Waals surface area contributed by atoms with E-state index in [9.17, 15) is 9.59 Å². The molecule has 0 spiro atoms. The van der Waals surface area contributed by atoms with Crippen LogP contribution < -0.4 is 0 Å². The molecule has 2 amide bonds. The second-order valence-electron chi connectivity index (χ2n) is 8.01. The molecule has 23 heavy (non-hydrogen) atoms. The second-order valence-corrected chi connectivity index (χ2v) is 8.01. The smallest absolute Gasteiger partial charge is 0.222 e. The van der Waals surface area contributed by atoms with Crippen molar-refractivity contribution in [3.05, 3.63) is 12.2 Å². The molecule has 0 N–H and O–H groups in total. The Kier molecular flexibility index (Phi) is 4.16. The van der Waals surface area contributed by atoms with E-state index >= 15 is 0 Å². The molecule has 4 aliphatic rings. The van der Waals surface area contributed by atoms with E-state index in [-0.39, 0.29) is 0 Å². The van der Waals surface area contributed by atoms with E-state index in [1.54, 1.807) is 0 Å². The summed E-state index contributed by atoms with van der Waals surface area (Å²) in [4.78, 5) is 28.4. The standard InChI is InChI=1S/C19H28N2O2/c22-18-2-1-7-21(18)13-14-5-8-20(9-6-14)19(23)12-17-11-15-3-4-16(17)10-15/h3-4,14-17H,1-2,5-13H2/t15-,16+,17+/m1/s1. The van der Waals surface area contributed by atoms with Gasteiger partial charge >= 0.3 is 0 Å². The average molecular weight is 316 g/mol. The lowest BCUT2D eigenvalue weighted by molar-refractivity contribution is -0.134. The van der Waals surface area contributed by atoms with E-state index in [1.807, 2.05) is 4.90 Å². The van der Waals surface area contributed by atoms with Crippen molar-refractivity contribution in [2.75, 3.05) is 26.2 Å². The topological polar surface area (TPSA) is 40.6 Å². The highest BCUT2D eigenvalue weighted by atomic mass is 16.2. The summed E-state index contributed by atoms with van der Waals surface area (Å²) in [7, 11) is 0. The Morgan fingerprint density at radius 2 is 1.96 bits per heavy atom. The Hall–Kier alpha value is -1.32. The van der Waals surface area contributed by atoms with Gasteiger partial charge < -0.3 is 9.80 Å². The molecule has 1 saturated carbocycles. The number of carbonyl (C=O) groups is 2. The number of allylic oxidation sites excluding steroid dienone is 2. The summed E-state index contributed by atoms with van der Waals surface area (Å²) in [5.74, 6) is 3.30. The molecule has 3 atom stereocenters. The molecule has 4 heteroatoms. The van der Waals surface area contributed by atoms with Crippen LogP contribution >= 0.6 is 0 Å². The molecule has 126 valence electrons. The maximum atomic E-state index is 12.6. The van der Waals surface area contributed by atoms with Crippen LogP contribution in [-0.2, 0) is 9.59 Å². The summed E-state index contributed by atoms with van der Waals surface area (Å²) >= 11 is 0. The first-order valence-corrected chi connectivity index (χ1v) is 9.43. The quantitative estimate of drug-likeness (QED) is 0.748. The van der Waals surface area contributed by atoms with Gasteiger partial charge in [0.05, 0.1) is 0 Å². The summed E-state index contributed by atoms with van der Waals surface area (Å²) < 4.78 is 0. The van der Waals surface area contributed by atoms with Crippen LogP contribution in [0.25, 0.3) is 0 Å². The molecule has 2 bridgehead atoms. The van der Waals surface area contributed by atoms with Gasteiger partial charge in [-0.25, -0.2) is 0 Å². The van der Waals surface area contributed by atoms with Crippen LogP contribution in [0.5, 0.6) is 0 Å². The van der Waals surface area contributed by atoms with Gasteiger partial charge in [-0.1, -0.05) is 12.2 Å². The largest absolute Gasteiger partial charge is 0.343 e. The molecule has 2 aliphatic carbocycles. The lowest BCUT2D eigenvalue weighted by Crippen LogP contribution is -2.42. The van der Waals surface area contributed by atoms with Crippen LogP contribution in [0.1, 0.15) is 44.9 Å². The van der Waals surface area contributed by atoms with E-state index in [1.165, 1.54) is 12.8 Å². The van der Waals surface area contributed by atoms with Crippen molar-refractivity contribution in [2.24, 2.45) is 23.7 Å². The Morgan fingerprint density at radius 1 is 1.13 bits per heavy atom. The monoisotopic (exact) mass is 316 g/mol. The molecule has 0 aromatic carbocycles. The first-order valence-electron chi connectivity index (χ1n) is 9.43. The van der Waals surface area contributed by atoms with Crippen LogP contribution in [0.4, 0.5) is 0 Å². The minimum absolute atomic E-state index is 0.327. The van der Waals surface area contributed by atoms with Crippen LogP contribution in [0, 0.1) is 23.7 Å². The molecule has 0 unspecified atom stereocenters. The van der Waals surface area contributed by atoms with Crippen molar-refractivity contribution >= 4 is 11.8 Å². The molecule has 0 aromatic rings. The van der Waals surface area contributed by atoms with E-state index in [0.717, 1.165) is 64.2 Å². The summed E-state index contributed by atoms with van der Waals surface area (Å²) in [6.45, 7) is 3.64. The maximum Gasteiger partial charge on any atom is 0.222 e. The zero-order chi connectivity index (χ0) is 15.8. The third-order valence-corrected chi connectivity index (χ3v) is 6.47. The third kappa shape index (κ3) is 3.17. The van der Waals surface area contributed by atoms with Gasteiger partial charge in [0, 0.05) is 39.0 Å². The van der Waals surface area contributed by atoms with Gasteiger partial charge in [0.15, 0.2) is 0 Å². The lowest BCUT2D eigenvalue weighted by Gasteiger charge is -2.34. The Morgan fingerprint density at radius 3 is 2.57 bits per heavy atom. The van der Waals surface area contributed by atoms with Crippen molar-refractivity contribution in [1.82, 2.24) is 9.80 Å². The van der Waals surface area contributed by atoms with Crippen molar-refractivity contribution in [2.45, 2.75) is 44.9 Å². The minimum atomic E-state index is 0.327. The SMILES string of the molecule is O=C(C[C@@H]1C[C@@H]2C=C[C@H]1C2)N1CCC(CN2CCCC2=O)CC1. The number of hydrogen-bond acceptors (Lipinski definition) is 2. The fourth-order valence-electron chi connectivity index (χ4n) is 5.06. The molecular formula is C19H28N2O2. The molecule has 2 aliphatic heterocycles. The number of piperidine rings is 1. The van der Waals surface area contributed by atoms with Gasteiger partial charge in [0.1, 0.15) is 0 Å². The number of fused-ring (bicyclic) bond motifs is 2. The van der Waals surface area contributed by atoms with Crippen molar-refractivity contribution in [3.8, 4) is 0 Å². The van der Waals surface area contributed by atoms with Crippen LogP contribution in [0.2, 0.25) is 0 Å². The molecule has 0 radical (unpaired) electrons. The van der Waals surface area contributed by atoms with Gasteiger partial charge in [-0.3, -0.25) is 9.59 Å². The van der Waals surface area contributed by atoms with Crippen molar-refractivity contribution in [1.29, 1.82) is 0 Å². The molecule has 0 aromatic heterocycles. The van der Waals surface area contributed by atoms with Crippen LogP contribution in [0.3, 0.4) is 0 Å². The van der Waals surface area contributed by atoms with Crippen molar-refractivity contribution < 1.29 is 9.59 Å². The van der Waals surface area contributed by atoms with E-state index in [0.29, 0.717) is 29.6 Å². The van der Waals surface area contributed by atoms with Gasteiger partial charge in [-0.15, -0.1) is 0 Å². The predicted octanol–water partition coefficient (Wildman–Crippen LogP) is 2.45. The highest BCUT2D eigenvalue weighted by Crippen LogP contribution is 2.45. The van der Waals surface area contributed by atoms with E-state index in [4.69, 9.17) is 0 Å². The van der Waals surface area contributed by atoms with Crippen LogP contribution in [-0.4, -0.2) is 47.8 Å². The zero-order valence-electron chi connectivity index (χ0n) is 14.0. The fraction of sp³-hybridized carbons (Fsp3) is 0.789. The molecular weight excluding hydrogens is 288 g/mol. The molecule has 4 nitrogen and oxygen atoms in total. The molecule has 4 rings (SSSR count). The number of rotatable bonds is 4. The number of hydrogen-bond donors (Lipinski definition) is 0. The Balaban J connectivity index is 1.22. The van der Waals surface area contributed by atoms with Crippen LogP contribution in [0.15, 0.2) is 12.2 Å². The maximum absolute atomic E-state index is 12.6. The Bertz CT molecular complexity index is 507. The predicted molar refractivity (Wildman–Crippen MR) is 88.6 cm³/mol. The third-order valence-electron chi connectivity index (χ3n) is 6.47.